The quantitative estimate of drug-likeness (QED) is 0.363. The number of anilines is 3. The topological polar surface area (TPSA) is 146 Å². The molecule has 2 aromatic heterocycles. The highest BCUT2D eigenvalue weighted by atomic mass is 19.3. The predicted molar refractivity (Wildman–Crippen MR) is 140 cm³/mol. The van der Waals surface area contributed by atoms with Gasteiger partial charge < -0.3 is 25.8 Å². The molecule has 0 aliphatic heterocycles. The monoisotopic (exact) mass is 543 g/mol. The van der Waals surface area contributed by atoms with Crippen molar-refractivity contribution >= 4 is 29.0 Å². The SMILES string of the molecule is COc1c(Nc2cc(NC(=O)C3CC3)nnc2C(N)=O)cccc1-c1cnn(C)c1.FC(F)OC1CCCC1. The normalized spacial score (nSPS) is 15.0. The molecule has 0 unspecified atom stereocenters. The van der Waals surface area contributed by atoms with Gasteiger partial charge in [-0.1, -0.05) is 25.0 Å². The van der Waals surface area contributed by atoms with Crippen LogP contribution >= 0.6 is 0 Å². The van der Waals surface area contributed by atoms with Crippen molar-refractivity contribution in [3.8, 4) is 16.9 Å². The molecule has 2 fully saturated rings. The van der Waals surface area contributed by atoms with Crippen LogP contribution in [0.15, 0.2) is 36.7 Å². The van der Waals surface area contributed by atoms with E-state index in [0.717, 1.165) is 49.7 Å². The number of carbonyl (C=O) groups excluding carboxylic acids is 2. The Morgan fingerprint density at radius 3 is 2.46 bits per heavy atom. The number of nitrogens with one attached hydrogen (secondary N) is 2. The van der Waals surface area contributed by atoms with Crippen LogP contribution < -0.4 is 21.1 Å². The minimum atomic E-state index is -2.58. The molecule has 2 saturated carbocycles. The first-order valence-corrected chi connectivity index (χ1v) is 12.6. The summed E-state index contributed by atoms with van der Waals surface area (Å²) in [7, 11) is 3.39. The van der Waals surface area contributed by atoms with Crippen LogP contribution in [0.2, 0.25) is 0 Å². The number of benzene rings is 1. The molecule has 4 N–H and O–H groups in total. The zero-order chi connectivity index (χ0) is 27.9. The third-order valence-corrected chi connectivity index (χ3v) is 6.33. The molecule has 2 amide bonds. The molecular weight excluding hydrogens is 512 g/mol. The Balaban J connectivity index is 0.000000333. The number of alkyl halides is 2. The summed E-state index contributed by atoms with van der Waals surface area (Å²) < 4.78 is 34.5. The van der Waals surface area contributed by atoms with Gasteiger partial charge in [0, 0.05) is 36.4 Å². The Morgan fingerprint density at radius 2 is 1.87 bits per heavy atom. The summed E-state index contributed by atoms with van der Waals surface area (Å²) in [6.45, 7) is -2.58. The zero-order valence-electron chi connectivity index (χ0n) is 21.7. The number of halogens is 2. The summed E-state index contributed by atoms with van der Waals surface area (Å²) in [6, 6.07) is 7.08. The molecule has 1 aromatic carbocycles. The number of amides is 2. The van der Waals surface area contributed by atoms with Crippen molar-refractivity contribution in [3.05, 3.63) is 42.4 Å². The van der Waals surface area contributed by atoms with Crippen LogP contribution in [-0.4, -0.2) is 51.6 Å². The fraction of sp³-hybridized carbons (Fsp3) is 0.423. The first-order chi connectivity index (χ1) is 18.7. The number of hydrogen-bond acceptors (Lipinski definition) is 8. The molecule has 11 nitrogen and oxygen atoms in total. The molecule has 0 saturated heterocycles. The number of hydrogen-bond donors (Lipinski definition) is 3. The molecule has 13 heteroatoms. The van der Waals surface area contributed by atoms with Crippen LogP contribution in [0.4, 0.5) is 26.0 Å². The average Bonchev–Trinajstić information content (AvgIpc) is 3.47. The van der Waals surface area contributed by atoms with Crippen molar-refractivity contribution in [2.75, 3.05) is 17.7 Å². The largest absolute Gasteiger partial charge is 0.494 e. The van der Waals surface area contributed by atoms with Crippen molar-refractivity contribution < 1.29 is 27.8 Å². The van der Waals surface area contributed by atoms with Gasteiger partial charge in [-0.2, -0.15) is 13.9 Å². The number of carbonyl (C=O) groups is 2. The molecule has 0 bridgehead atoms. The second kappa shape index (κ2) is 12.6. The summed E-state index contributed by atoms with van der Waals surface area (Å²) in [5.74, 6) is -0.0518. The van der Waals surface area contributed by atoms with Crippen molar-refractivity contribution in [2.45, 2.75) is 51.2 Å². The number of aryl methyl sites for hydroxylation is 1. The maximum Gasteiger partial charge on any atom is 0.345 e. The summed E-state index contributed by atoms with van der Waals surface area (Å²) >= 11 is 0. The van der Waals surface area contributed by atoms with Crippen LogP contribution in [0.3, 0.4) is 0 Å². The van der Waals surface area contributed by atoms with Crippen molar-refractivity contribution in [1.82, 2.24) is 20.0 Å². The molecular formula is C26H31F2N7O4. The number of para-hydroxylation sites is 1. The number of aromatic nitrogens is 4. The van der Waals surface area contributed by atoms with Crippen LogP contribution in [0.25, 0.3) is 11.1 Å². The van der Waals surface area contributed by atoms with Gasteiger partial charge >= 0.3 is 6.61 Å². The average molecular weight is 544 g/mol. The lowest BCUT2D eigenvalue weighted by atomic mass is 10.1. The van der Waals surface area contributed by atoms with E-state index in [1.165, 1.54) is 6.07 Å². The lowest BCUT2D eigenvalue weighted by molar-refractivity contribution is -0.160. The highest BCUT2D eigenvalue weighted by molar-refractivity contribution is 5.99. The van der Waals surface area contributed by atoms with E-state index >= 15 is 0 Å². The minimum absolute atomic E-state index is 0.00952. The second-order valence-electron chi connectivity index (χ2n) is 9.34. The summed E-state index contributed by atoms with van der Waals surface area (Å²) in [5, 5.41) is 17.8. The van der Waals surface area contributed by atoms with E-state index in [2.05, 4.69) is 30.7 Å². The number of primary amides is 1. The molecule has 2 heterocycles. The standard InChI is InChI=1S/C20H21N7O3.C6H10F2O/c1-27-10-12(9-22-27)13-4-3-5-14(18(13)30-2)23-15-8-16(24-20(29)11-6-7-11)25-26-17(15)19(21)28;7-6(8)9-5-3-1-2-4-5/h3-5,8-11H,6-7H2,1-2H3,(H2,21,28)(H2,23,24,25,29);5-6H,1-4H2. The number of nitrogens with zero attached hydrogens (tertiary/aromatic N) is 4. The Morgan fingerprint density at radius 1 is 1.13 bits per heavy atom. The molecule has 2 aliphatic rings. The van der Waals surface area contributed by atoms with Crippen LogP contribution in [0.5, 0.6) is 5.75 Å². The van der Waals surface area contributed by atoms with Gasteiger partial charge in [-0.15, -0.1) is 10.2 Å². The van der Waals surface area contributed by atoms with E-state index in [9.17, 15) is 18.4 Å². The first kappa shape index (κ1) is 27.9. The highest BCUT2D eigenvalue weighted by Crippen LogP contribution is 2.38. The maximum absolute atomic E-state index is 12.0. The number of methoxy groups -OCH3 is 1. The van der Waals surface area contributed by atoms with Crippen LogP contribution in [-0.2, 0) is 16.6 Å². The van der Waals surface area contributed by atoms with Crippen molar-refractivity contribution in [1.29, 1.82) is 0 Å². The smallest absolute Gasteiger partial charge is 0.345 e. The summed E-state index contributed by atoms with van der Waals surface area (Å²) in [6.07, 6.45) is 8.87. The molecule has 208 valence electrons. The van der Waals surface area contributed by atoms with E-state index in [0.29, 0.717) is 17.1 Å². The third kappa shape index (κ3) is 7.47. The molecule has 2 aliphatic carbocycles. The first-order valence-electron chi connectivity index (χ1n) is 12.6. The highest BCUT2D eigenvalue weighted by Gasteiger charge is 2.30. The number of ether oxygens (including phenoxy) is 2. The Hall–Kier alpha value is -4.13. The number of rotatable bonds is 9. The van der Waals surface area contributed by atoms with Crippen LogP contribution in [0, 0.1) is 5.92 Å². The molecule has 5 rings (SSSR count). The fourth-order valence-corrected chi connectivity index (χ4v) is 4.26. The van der Waals surface area contributed by atoms with Crippen LogP contribution in [0.1, 0.15) is 49.0 Å². The Bertz CT molecular complexity index is 1310. The van der Waals surface area contributed by atoms with E-state index in [-0.39, 0.29) is 29.4 Å². The molecule has 39 heavy (non-hydrogen) atoms. The van der Waals surface area contributed by atoms with E-state index in [1.807, 2.05) is 25.4 Å². The van der Waals surface area contributed by atoms with Gasteiger partial charge in [0.25, 0.3) is 5.91 Å². The fourth-order valence-electron chi connectivity index (χ4n) is 4.26. The van der Waals surface area contributed by atoms with E-state index in [1.54, 1.807) is 24.1 Å². The Kier molecular flexibility index (Phi) is 9.02. The Labute approximate surface area is 224 Å². The summed E-state index contributed by atoms with van der Waals surface area (Å²) in [4.78, 5) is 23.9. The third-order valence-electron chi connectivity index (χ3n) is 6.33. The molecule has 0 atom stereocenters. The van der Waals surface area contributed by atoms with E-state index < -0.39 is 12.5 Å². The second-order valence-corrected chi connectivity index (χ2v) is 9.34. The van der Waals surface area contributed by atoms with E-state index in [4.69, 9.17) is 10.5 Å². The van der Waals surface area contributed by atoms with Gasteiger partial charge in [-0.05, 0) is 31.7 Å². The summed E-state index contributed by atoms with van der Waals surface area (Å²) in [5.41, 5.74) is 8.01. The lowest BCUT2D eigenvalue weighted by Crippen LogP contribution is -2.19. The van der Waals surface area contributed by atoms with Crippen molar-refractivity contribution in [3.63, 3.8) is 0 Å². The molecule has 0 spiro atoms. The lowest BCUT2D eigenvalue weighted by Gasteiger charge is -2.16. The van der Waals surface area contributed by atoms with Gasteiger partial charge in [-0.25, -0.2) is 0 Å². The predicted octanol–water partition coefficient (Wildman–Crippen LogP) is 4.24. The number of nitrogens with two attached hydrogens (primary N) is 1. The maximum atomic E-state index is 12.0. The van der Waals surface area contributed by atoms with Gasteiger partial charge in [0.15, 0.2) is 11.5 Å². The zero-order valence-corrected chi connectivity index (χ0v) is 21.7. The van der Waals surface area contributed by atoms with Crippen molar-refractivity contribution in [2.24, 2.45) is 18.7 Å². The molecule has 0 radical (unpaired) electrons. The molecule has 3 aromatic rings. The van der Waals surface area contributed by atoms with Gasteiger partial charge in [0.05, 0.1) is 30.8 Å². The van der Waals surface area contributed by atoms with Gasteiger partial charge in [0.1, 0.15) is 5.75 Å². The van der Waals surface area contributed by atoms with Gasteiger partial charge in [0.2, 0.25) is 5.91 Å². The van der Waals surface area contributed by atoms with Gasteiger partial charge in [-0.3, -0.25) is 14.3 Å². The minimum Gasteiger partial charge on any atom is -0.494 e.